The minimum atomic E-state index is -1.17. The van der Waals surface area contributed by atoms with E-state index >= 15 is 0 Å². The molecule has 6 nitrogen and oxygen atoms in total. The summed E-state index contributed by atoms with van der Waals surface area (Å²) in [5.41, 5.74) is -0.999. The highest BCUT2D eigenvalue weighted by Crippen LogP contribution is 2.28. The zero-order valence-electron chi connectivity index (χ0n) is 9.93. The standard InChI is InChI=1S/C11H14N2O4S/c1-2-7-8(12-6-17-7)9(14)13-11(10(15)16)3-4-18-5-11/h6H,2-5H2,1H3,(H,13,14)(H,15,16). The first-order valence-corrected chi connectivity index (χ1v) is 6.80. The van der Waals surface area contributed by atoms with E-state index in [1.54, 1.807) is 0 Å². The van der Waals surface area contributed by atoms with Crippen molar-refractivity contribution >= 4 is 23.6 Å². The molecule has 0 bridgehead atoms. The van der Waals surface area contributed by atoms with E-state index in [9.17, 15) is 14.7 Å². The van der Waals surface area contributed by atoms with Crippen LogP contribution in [0.1, 0.15) is 29.6 Å². The molecule has 1 aromatic heterocycles. The van der Waals surface area contributed by atoms with E-state index in [1.165, 1.54) is 18.2 Å². The van der Waals surface area contributed by atoms with Gasteiger partial charge in [-0.1, -0.05) is 6.92 Å². The van der Waals surface area contributed by atoms with Crippen molar-refractivity contribution in [2.24, 2.45) is 0 Å². The molecule has 1 unspecified atom stereocenters. The number of hydrogen-bond donors (Lipinski definition) is 2. The van der Waals surface area contributed by atoms with Crippen molar-refractivity contribution in [2.45, 2.75) is 25.3 Å². The highest BCUT2D eigenvalue weighted by Gasteiger charge is 2.43. The molecule has 1 aliphatic heterocycles. The number of aryl methyl sites for hydroxylation is 1. The number of aliphatic carboxylic acids is 1. The fraction of sp³-hybridized carbons (Fsp3) is 0.545. The Morgan fingerprint density at radius 3 is 3.00 bits per heavy atom. The second-order valence-electron chi connectivity index (χ2n) is 4.12. The second kappa shape index (κ2) is 5.01. The van der Waals surface area contributed by atoms with Gasteiger partial charge in [0, 0.05) is 12.2 Å². The number of oxazole rings is 1. The number of carboxylic acids is 1. The highest BCUT2D eigenvalue weighted by atomic mass is 32.2. The number of aromatic nitrogens is 1. The lowest BCUT2D eigenvalue weighted by molar-refractivity contribution is -0.143. The molecule has 18 heavy (non-hydrogen) atoms. The highest BCUT2D eigenvalue weighted by molar-refractivity contribution is 7.99. The molecule has 0 radical (unpaired) electrons. The van der Waals surface area contributed by atoms with Gasteiger partial charge >= 0.3 is 5.97 Å². The Balaban J connectivity index is 2.18. The van der Waals surface area contributed by atoms with Crippen LogP contribution in [-0.2, 0) is 11.2 Å². The molecule has 1 aromatic rings. The van der Waals surface area contributed by atoms with E-state index in [2.05, 4.69) is 10.3 Å². The minimum Gasteiger partial charge on any atom is -0.479 e. The first-order valence-electron chi connectivity index (χ1n) is 5.65. The summed E-state index contributed by atoms with van der Waals surface area (Å²) in [5.74, 6) is 0.103. The molecule has 0 aliphatic carbocycles. The number of nitrogens with one attached hydrogen (secondary N) is 1. The normalized spacial score (nSPS) is 22.9. The number of carboxylic acid groups (broad SMARTS) is 1. The molecule has 0 saturated carbocycles. The maximum absolute atomic E-state index is 12.0. The molecule has 2 N–H and O–H groups in total. The van der Waals surface area contributed by atoms with Gasteiger partial charge in [0.2, 0.25) is 0 Å². The van der Waals surface area contributed by atoms with E-state index < -0.39 is 17.4 Å². The molecule has 1 fully saturated rings. The third kappa shape index (κ3) is 2.22. The predicted molar refractivity (Wildman–Crippen MR) is 65.7 cm³/mol. The lowest BCUT2D eigenvalue weighted by atomic mass is 9.99. The van der Waals surface area contributed by atoms with Gasteiger partial charge in [-0.3, -0.25) is 4.79 Å². The molecule has 1 aliphatic rings. The molecule has 1 amide bonds. The van der Waals surface area contributed by atoms with Crippen molar-refractivity contribution in [1.29, 1.82) is 0 Å². The summed E-state index contributed by atoms with van der Waals surface area (Å²) in [6.07, 6.45) is 2.17. The van der Waals surface area contributed by atoms with Crippen LogP contribution in [0, 0.1) is 0 Å². The molecular formula is C11H14N2O4S. The Hall–Kier alpha value is -1.50. The quantitative estimate of drug-likeness (QED) is 0.845. The number of rotatable bonds is 4. The monoisotopic (exact) mass is 270 g/mol. The lowest BCUT2D eigenvalue weighted by Gasteiger charge is -2.24. The van der Waals surface area contributed by atoms with Crippen LogP contribution in [0.15, 0.2) is 10.8 Å². The molecule has 2 rings (SSSR count). The summed E-state index contributed by atoms with van der Waals surface area (Å²) in [7, 11) is 0. The number of carbonyl (C=O) groups excluding carboxylic acids is 1. The van der Waals surface area contributed by atoms with Crippen LogP contribution < -0.4 is 5.32 Å². The number of nitrogens with zero attached hydrogens (tertiary/aromatic N) is 1. The van der Waals surface area contributed by atoms with Crippen LogP contribution in [0.5, 0.6) is 0 Å². The van der Waals surface area contributed by atoms with Crippen molar-refractivity contribution in [3.05, 3.63) is 17.8 Å². The maximum atomic E-state index is 12.0. The van der Waals surface area contributed by atoms with E-state index in [4.69, 9.17) is 4.42 Å². The predicted octanol–water partition coefficient (Wildman–Crippen LogP) is 0.927. The molecule has 7 heteroatoms. The summed E-state index contributed by atoms with van der Waals surface area (Å²) >= 11 is 1.52. The average molecular weight is 270 g/mol. The molecule has 0 aromatic carbocycles. The Morgan fingerprint density at radius 1 is 1.67 bits per heavy atom. The summed E-state index contributed by atoms with van der Waals surface area (Å²) < 4.78 is 5.07. The second-order valence-corrected chi connectivity index (χ2v) is 5.23. The van der Waals surface area contributed by atoms with Gasteiger partial charge in [-0.25, -0.2) is 9.78 Å². The fourth-order valence-electron chi connectivity index (χ4n) is 1.87. The summed E-state index contributed by atoms with van der Waals surface area (Å²) in [6, 6.07) is 0. The molecule has 98 valence electrons. The van der Waals surface area contributed by atoms with E-state index in [0.29, 0.717) is 24.4 Å². The van der Waals surface area contributed by atoms with Crippen LogP contribution in [-0.4, -0.2) is 39.0 Å². The zero-order chi connectivity index (χ0) is 13.2. The van der Waals surface area contributed by atoms with E-state index in [-0.39, 0.29) is 5.69 Å². The van der Waals surface area contributed by atoms with Gasteiger partial charge in [-0.15, -0.1) is 0 Å². The number of amides is 1. The number of thioether (sulfide) groups is 1. The van der Waals surface area contributed by atoms with Crippen LogP contribution in [0.3, 0.4) is 0 Å². The third-order valence-corrected chi connectivity index (χ3v) is 4.15. The Morgan fingerprint density at radius 2 is 2.44 bits per heavy atom. The largest absolute Gasteiger partial charge is 0.479 e. The van der Waals surface area contributed by atoms with Crippen molar-refractivity contribution in [3.63, 3.8) is 0 Å². The minimum absolute atomic E-state index is 0.176. The van der Waals surface area contributed by atoms with Gasteiger partial charge in [0.05, 0.1) is 0 Å². The van der Waals surface area contributed by atoms with E-state index in [0.717, 1.165) is 5.75 Å². The smallest absolute Gasteiger partial charge is 0.330 e. The van der Waals surface area contributed by atoms with Crippen molar-refractivity contribution in [3.8, 4) is 0 Å². The Labute approximate surface area is 108 Å². The van der Waals surface area contributed by atoms with Crippen molar-refractivity contribution in [1.82, 2.24) is 10.3 Å². The van der Waals surface area contributed by atoms with Gasteiger partial charge < -0.3 is 14.8 Å². The third-order valence-electron chi connectivity index (χ3n) is 2.96. The summed E-state index contributed by atoms with van der Waals surface area (Å²) in [5, 5.41) is 11.9. The lowest BCUT2D eigenvalue weighted by Crippen LogP contribution is -2.55. The average Bonchev–Trinajstić information content (AvgIpc) is 2.97. The van der Waals surface area contributed by atoms with Crippen LogP contribution in [0.4, 0.5) is 0 Å². The first kappa shape index (κ1) is 12.9. The molecule has 1 atom stereocenters. The number of hydrogen-bond acceptors (Lipinski definition) is 5. The summed E-state index contributed by atoms with van der Waals surface area (Å²) in [6.45, 7) is 1.84. The van der Waals surface area contributed by atoms with Crippen LogP contribution >= 0.6 is 11.8 Å². The van der Waals surface area contributed by atoms with Crippen LogP contribution in [0.2, 0.25) is 0 Å². The molecule has 2 heterocycles. The van der Waals surface area contributed by atoms with Crippen molar-refractivity contribution < 1.29 is 19.1 Å². The Bertz CT molecular complexity index is 465. The SMILES string of the molecule is CCc1ocnc1C(=O)NC1(C(=O)O)CCSC1. The van der Waals surface area contributed by atoms with Gasteiger partial charge in [-0.05, 0) is 12.2 Å². The first-order chi connectivity index (χ1) is 8.59. The zero-order valence-corrected chi connectivity index (χ0v) is 10.7. The molecule has 0 spiro atoms. The Kier molecular flexibility index (Phi) is 3.60. The molecule has 1 saturated heterocycles. The fourth-order valence-corrected chi connectivity index (χ4v) is 3.19. The van der Waals surface area contributed by atoms with Crippen LogP contribution in [0.25, 0.3) is 0 Å². The van der Waals surface area contributed by atoms with Gasteiger partial charge in [-0.2, -0.15) is 11.8 Å². The topological polar surface area (TPSA) is 92.4 Å². The summed E-state index contributed by atoms with van der Waals surface area (Å²) in [4.78, 5) is 27.2. The van der Waals surface area contributed by atoms with E-state index in [1.807, 2.05) is 6.92 Å². The maximum Gasteiger partial charge on any atom is 0.330 e. The number of carbonyl (C=O) groups is 2. The van der Waals surface area contributed by atoms with Gasteiger partial charge in [0.1, 0.15) is 11.3 Å². The molecular weight excluding hydrogens is 256 g/mol. The van der Waals surface area contributed by atoms with Crippen molar-refractivity contribution in [2.75, 3.05) is 11.5 Å². The van der Waals surface area contributed by atoms with Gasteiger partial charge in [0.15, 0.2) is 12.1 Å². The van der Waals surface area contributed by atoms with Gasteiger partial charge in [0.25, 0.3) is 5.91 Å².